The van der Waals surface area contributed by atoms with Crippen molar-refractivity contribution in [3.63, 3.8) is 0 Å². The first kappa shape index (κ1) is 15.3. The number of hydrogen-bond acceptors (Lipinski definition) is 5. The average molecular weight is 289 g/mol. The van der Waals surface area contributed by atoms with Crippen molar-refractivity contribution in [3.8, 4) is 5.88 Å². The zero-order valence-corrected chi connectivity index (χ0v) is 13.3. The average Bonchev–Trinajstić information content (AvgIpc) is 2.74. The van der Waals surface area contributed by atoms with Crippen LogP contribution in [-0.4, -0.2) is 36.0 Å². The summed E-state index contributed by atoms with van der Waals surface area (Å²) in [5.74, 6) is 1.77. The molecule has 0 spiro atoms. The predicted octanol–water partition coefficient (Wildman–Crippen LogP) is 1.49. The van der Waals surface area contributed by atoms with Crippen LogP contribution >= 0.6 is 0 Å². The first-order chi connectivity index (χ1) is 10.0. The van der Waals surface area contributed by atoms with E-state index in [2.05, 4.69) is 20.3 Å². The number of anilines is 1. The van der Waals surface area contributed by atoms with E-state index in [1.807, 2.05) is 51.1 Å². The van der Waals surface area contributed by atoms with Gasteiger partial charge in [-0.1, -0.05) is 6.07 Å². The van der Waals surface area contributed by atoms with E-state index < -0.39 is 0 Å². The van der Waals surface area contributed by atoms with Crippen LogP contribution in [0.5, 0.6) is 5.88 Å². The molecule has 2 aromatic heterocycles. The van der Waals surface area contributed by atoms with E-state index in [1.165, 1.54) is 5.56 Å². The van der Waals surface area contributed by atoms with Crippen LogP contribution in [0.3, 0.4) is 0 Å². The Labute approximate surface area is 125 Å². The Morgan fingerprint density at radius 3 is 2.62 bits per heavy atom. The van der Waals surface area contributed by atoms with Crippen LogP contribution in [0.1, 0.15) is 16.8 Å². The quantitative estimate of drug-likeness (QED) is 0.873. The highest BCUT2D eigenvalue weighted by atomic mass is 16.5. The van der Waals surface area contributed by atoms with Gasteiger partial charge in [-0.2, -0.15) is 5.10 Å². The Kier molecular flexibility index (Phi) is 4.80. The van der Waals surface area contributed by atoms with E-state index in [0.29, 0.717) is 5.88 Å². The highest BCUT2D eigenvalue weighted by Gasteiger charge is 2.14. The van der Waals surface area contributed by atoms with Crippen molar-refractivity contribution in [2.75, 3.05) is 26.1 Å². The number of pyridine rings is 1. The third-order valence-corrected chi connectivity index (χ3v) is 3.37. The van der Waals surface area contributed by atoms with Crippen LogP contribution in [0.15, 0.2) is 18.3 Å². The normalized spacial score (nSPS) is 10.7. The molecular weight excluding hydrogens is 266 g/mol. The number of aryl methyl sites for hydroxylation is 2. The summed E-state index contributed by atoms with van der Waals surface area (Å²) in [5, 5.41) is 7.93. The van der Waals surface area contributed by atoms with Gasteiger partial charge in [-0.15, -0.1) is 0 Å². The SMILES string of the molecule is COc1ccc(CNCc2c(C)nn(C)c2N(C)C)cn1. The summed E-state index contributed by atoms with van der Waals surface area (Å²) >= 11 is 0. The van der Waals surface area contributed by atoms with E-state index >= 15 is 0 Å². The molecule has 114 valence electrons. The Morgan fingerprint density at radius 2 is 2.05 bits per heavy atom. The second-order valence-corrected chi connectivity index (χ2v) is 5.22. The van der Waals surface area contributed by atoms with Crippen LogP contribution in [0.4, 0.5) is 5.82 Å². The maximum atomic E-state index is 5.06. The Hall–Kier alpha value is -2.08. The molecule has 6 heteroatoms. The van der Waals surface area contributed by atoms with Crippen LogP contribution in [0.25, 0.3) is 0 Å². The summed E-state index contributed by atoms with van der Waals surface area (Å²) in [6.07, 6.45) is 1.83. The van der Waals surface area contributed by atoms with Gasteiger partial charge in [-0.05, 0) is 12.5 Å². The molecule has 0 saturated heterocycles. The first-order valence-electron chi connectivity index (χ1n) is 6.92. The van der Waals surface area contributed by atoms with Crippen molar-refractivity contribution in [2.45, 2.75) is 20.0 Å². The van der Waals surface area contributed by atoms with Gasteiger partial charge >= 0.3 is 0 Å². The van der Waals surface area contributed by atoms with Gasteiger partial charge in [0.2, 0.25) is 5.88 Å². The Bertz CT molecular complexity index is 589. The minimum atomic E-state index is 0.636. The monoisotopic (exact) mass is 289 g/mol. The van der Waals surface area contributed by atoms with Gasteiger partial charge < -0.3 is 15.0 Å². The standard InChI is InChI=1S/C15H23N5O/c1-11-13(15(19(2)3)20(4)18-11)10-16-8-12-6-7-14(21-5)17-9-12/h6-7,9,16H,8,10H2,1-5H3. The third-order valence-electron chi connectivity index (χ3n) is 3.37. The Balaban J connectivity index is 2.00. The van der Waals surface area contributed by atoms with Crippen LogP contribution in [0.2, 0.25) is 0 Å². The lowest BCUT2D eigenvalue weighted by Crippen LogP contribution is -2.19. The zero-order valence-electron chi connectivity index (χ0n) is 13.3. The van der Waals surface area contributed by atoms with Crippen molar-refractivity contribution in [1.29, 1.82) is 0 Å². The number of hydrogen-bond donors (Lipinski definition) is 1. The van der Waals surface area contributed by atoms with E-state index in [4.69, 9.17) is 4.74 Å². The second-order valence-electron chi connectivity index (χ2n) is 5.22. The fraction of sp³-hybridized carbons (Fsp3) is 0.467. The highest BCUT2D eigenvalue weighted by molar-refractivity contribution is 5.48. The Morgan fingerprint density at radius 1 is 1.29 bits per heavy atom. The lowest BCUT2D eigenvalue weighted by molar-refractivity contribution is 0.397. The van der Waals surface area contributed by atoms with Gasteiger partial charge in [0.25, 0.3) is 0 Å². The van der Waals surface area contributed by atoms with Gasteiger partial charge in [0.15, 0.2) is 0 Å². The fourth-order valence-corrected chi connectivity index (χ4v) is 2.42. The third kappa shape index (κ3) is 3.52. The molecule has 0 bridgehead atoms. The summed E-state index contributed by atoms with van der Waals surface area (Å²) in [6.45, 7) is 3.58. The van der Waals surface area contributed by atoms with Crippen LogP contribution in [-0.2, 0) is 20.1 Å². The first-order valence-corrected chi connectivity index (χ1v) is 6.92. The largest absolute Gasteiger partial charge is 0.481 e. The molecule has 0 aliphatic carbocycles. The van der Waals surface area contributed by atoms with Crippen LogP contribution < -0.4 is 15.0 Å². The van der Waals surface area contributed by atoms with Gasteiger partial charge in [-0.25, -0.2) is 4.98 Å². The molecule has 0 atom stereocenters. The molecular formula is C15H23N5O. The summed E-state index contributed by atoms with van der Waals surface area (Å²) in [7, 11) is 7.66. The molecule has 21 heavy (non-hydrogen) atoms. The molecule has 0 unspecified atom stereocenters. The summed E-state index contributed by atoms with van der Waals surface area (Å²) < 4.78 is 6.97. The molecule has 2 rings (SSSR count). The summed E-state index contributed by atoms with van der Waals surface area (Å²) in [6, 6.07) is 3.89. The van der Waals surface area contributed by atoms with Crippen molar-refractivity contribution >= 4 is 5.82 Å². The molecule has 0 amide bonds. The topological polar surface area (TPSA) is 55.2 Å². The molecule has 0 saturated carbocycles. The minimum absolute atomic E-state index is 0.636. The van der Waals surface area contributed by atoms with E-state index in [0.717, 1.165) is 30.2 Å². The molecule has 6 nitrogen and oxygen atoms in total. The van der Waals surface area contributed by atoms with Crippen molar-refractivity contribution in [2.24, 2.45) is 7.05 Å². The molecule has 0 aromatic carbocycles. The molecule has 0 aliphatic rings. The van der Waals surface area contributed by atoms with Gasteiger partial charge in [-0.3, -0.25) is 4.68 Å². The van der Waals surface area contributed by atoms with Crippen LogP contribution in [0, 0.1) is 6.92 Å². The highest BCUT2D eigenvalue weighted by Crippen LogP contribution is 2.21. The molecule has 0 fully saturated rings. The molecule has 2 aromatic rings. The number of rotatable bonds is 6. The summed E-state index contributed by atoms with van der Waals surface area (Å²) in [4.78, 5) is 6.29. The molecule has 0 aliphatic heterocycles. The number of nitrogens with zero attached hydrogens (tertiary/aromatic N) is 4. The predicted molar refractivity (Wildman–Crippen MR) is 83.6 cm³/mol. The number of methoxy groups -OCH3 is 1. The number of aromatic nitrogens is 3. The summed E-state index contributed by atoms with van der Waals surface area (Å²) in [5.41, 5.74) is 3.41. The lowest BCUT2D eigenvalue weighted by Gasteiger charge is -2.15. The van der Waals surface area contributed by atoms with E-state index in [9.17, 15) is 0 Å². The van der Waals surface area contributed by atoms with E-state index in [-0.39, 0.29) is 0 Å². The molecule has 2 heterocycles. The maximum Gasteiger partial charge on any atom is 0.212 e. The molecule has 0 radical (unpaired) electrons. The fourth-order valence-electron chi connectivity index (χ4n) is 2.42. The lowest BCUT2D eigenvalue weighted by atomic mass is 10.2. The van der Waals surface area contributed by atoms with E-state index in [1.54, 1.807) is 7.11 Å². The smallest absolute Gasteiger partial charge is 0.212 e. The second kappa shape index (κ2) is 6.58. The van der Waals surface area contributed by atoms with Gasteiger partial charge in [0.05, 0.1) is 12.8 Å². The molecule has 1 N–H and O–H groups in total. The van der Waals surface area contributed by atoms with Crippen molar-refractivity contribution < 1.29 is 4.74 Å². The van der Waals surface area contributed by atoms with Crippen molar-refractivity contribution in [1.82, 2.24) is 20.1 Å². The maximum absolute atomic E-state index is 5.06. The number of ether oxygens (including phenoxy) is 1. The number of nitrogens with one attached hydrogen (secondary N) is 1. The van der Waals surface area contributed by atoms with Gasteiger partial charge in [0, 0.05) is 52.1 Å². The van der Waals surface area contributed by atoms with Crippen molar-refractivity contribution in [3.05, 3.63) is 35.2 Å². The minimum Gasteiger partial charge on any atom is -0.481 e. The van der Waals surface area contributed by atoms with Gasteiger partial charge in [0.1, 0.15) is 5.82 Å². The zero-order chi connectivity index (χ0) is 15.4.